The molecule has 776 valence electrons. The van der Waals surface area contributed by atoms with Crippen molar-refractivity contribution in [3.05, 3.63) is 0 Å². The Bertz CT molecular complexity index is 3390. The van der Waals surface area contributed by atoms with E-state index in [1.54, 1.807) is 39.2 Å². The van der Waals surface area contributed by atoms with E-state index in [1.165, 1.54) is 66.9 Å². The van der Waals surface area contributed by atoms with Crippen LogP contribution in [0, 0.1) is 5.41 Å². The smallest absolute Gasteiger partial charge is 0.317 e. The summed E-state index contributed by atoms with van der Waals surface area (Å²) in [6.45, 7) is -2.31. The van der Waals surface area contributed by atoms with Crippen molar-refractivity contribution in [3.8, 4) is 0 Å². The van der Waals surface area contributed by atoms with Gasteiger partial charge in [0.05, 0.1) is 122 Å². The van der Waals surface area contributed by atoms with Crippen molar-refractivity contribution in [1.29, 1.82) is 0 Å². The third kappa shape index (κ3) is 50.9. The van der Waals surface area contributed by atoms with Gasteiger partial charge >= 0.3 is 71.6 Å². The molecule has 4 saturated heterocycles. The van der Waals surface area contributed by atoms with Crippen molar-refractivity contribution in [2.45, 2.75) is 77.5 Å². The predicted octanol–water partition coefficient (Wildman–Crippen LogP) is -11.2. The number of carboxylic acids is 12. The van der Waals surface area contributed by atoms with Gasteiger partial charge in [-0.3, -0.25) is 174 Å². The van der Waals surface area contributed by atoms with Crippen molar-refractivity contribution < 1.29 is 157 Å². The molecule has 4 aliphatic rings. The molecule has 4 heterocycles. The standard InChI is InChI=1S/C83H142N22O32/c1-59(102-33-25-94(48-72(119)120)17-9-90(44-68(111)112)10-18-95(26-34-102)49-73(121)122)64(107)5-6-65(108)87-56-83(8-7-63(106)41-84-80(135)60(2)103-35-27-96(50-74(123)124)19-11-91(45-69(113)114)12-20-97(28-36-103)51-75(125)126,57-88-66(109)42-85-81(136)61(3)104-37-29-98(52-76(127)128)21-13-92(46-70(115)116)14-22-99(30-38-104)53-77(129)130)58-89-67(110)43-86-82(137)62(4)105-39-31-100(54-78(131)132)23-15-93(47-71(117)118)16-24-101(32-40-105)55-79(133)134/h59-62H,5-58H2,1-4H3,(H,84,135)(H,85,136)(H,86,137)(H,87,108)(H,88,109)(H,89,110)(H,111,112)(H,113,114)(H,115,116)(H,117,118)(H,119,120)(H,121,122)(H,123,124)(H,125,126)(H,127,128)(H,129,130)(H,131,132)(H,133,134). The molecule has 4 atom stereocenters. The number of carbonyl (C=O) groups excluding carboxylic acids is 8. The summed E-state index contributed by atoms with van der Waals surface area (Å²) >= 11 is 0. The number of nitrogens with zero attached hydrogens (tertiary/aromatic N) is 16. The Hall–Kier alpha value is -10.8. The topological polar surface area (TPSA) is 708 Å². The average Bonchev–Trinajstić information content (AvgIpc) is 0.844. The summed E-state index contributed by atoms with van der Waals surface area (Å²) < 4.78 is 0. The maximum absolute atomic E-state index is 14.6. The van der Waals surface area contributed by atoms with Crippen LogP contribution < -0.4 is 31.9 Å². The molecule has 0 bridgehead atoms. The lowest BCUT2D eigenvalue weighted by Crippen LogP contribution is -2.55. The van der Waals surface area contributed by atoms with E-state index < -0.39 is 292 Å². The molecule has 137 heavy (non-hydrogen) atoms. The summed E-state index contributed by atoms with van der Waals surface area (Å²) in [6, 6.07) is -4.35. The fourth-order valence-corrected chi connectivity index (χ4v) is 16.1. The number of ketones is 2. The highest BCUT2D eigenvalue weighted by molar-refractivity contribution is 5.91. The molecular weight excluding hydrogens is 1820 g/mol. The van der Waals surface area contributed by atoms with Crippen LogP contribution in [-0.2, 0) is 95.9 Å². The van der Waals surface area contributed by atoms with E-state index in [-0.39, 0.29) is 209 Å². The molecule has 0 radical (unpaired) electrons. The van der Waals surface area contributed by atoms with Crippen molar-refractivity contribution in [3.63, 3.8) is 0 Å². The van der Waals surface area contributed by atoms with E-state index in [0.29, 0.717) is 0 Å². The van der Waals surface area contributed by atoms with Crippen LogP contribution in [0.4, 0.5) is 0 Å². The van der Waals surface area contributed by atoms with E-state index in [1.807, 2.05) is 0 Å². The molecule has 18 N–H and O–H groups in total. The molecule has 0 aromatic rings. The molecule has 0 saturated carbocycles. The molecule has 0 spiro atoms. The lowest BCUT2D eigenvalue weighted by Gasteiger charge is -2.36. The van der Waals surface area contributed by atoms with Crippen LogP contribution in [-0.4, -0.2) is 610 Å². The summed E-state index contributed by atoms with van der Waals surface area (Å²) in [6.07, 6.45) is -1.96. The van der Waals surface area contributed by atoms with Gasteiger partial charge in [0.15, 0.2) is 5.78 Å². The molecule has 4 rings (SSSR count). The minimum absolute atomic E-state index is 0.00406. The lowest BCUT2D eigenvalue weighted by molar-refractivity contribution is -0.141. The quantitative estimate of drug-likeness (QED) is 0.0269. The van der Waals surface area contributed by atoms with E-state index in [4.69, 9.17) is 0 Å². The number of hydrogen-bond acceptors (Lipinski definition) is 36. The highest BCUT2D eigenvalue weighted by Crippen LogP contribution is 2.24. The largest absolute Gasteiger partial charge is 0.480 e. The summed E-state index contributed by atoms with van der Waals surface area (Å²) in [5, 5.41) is 134. The van der Waals surface area contributed by atoms with Gasteiger partial charge in [-0.05, 0) is 34.1 Å². The summed E-state index contributed by atoms with van der Waals surface area (Å²) in [5.74, 6) is -20.5. The number of carbonyl (C=O) groups is 20. The van der Waals surface area contributed by atoms with Crippen LogP contribution in [0.25, 0.3) is 0 Å². The first-order valence-corrected chi connectivity index (χ1v) is 45.6. The predicted molar refractivity (Wildman–Crippen MR) is 482 cm³/mol. The third-order valence-electron chi connectivity index (χ3n) is 24.4. The van der Waals surface area contributed by atoms with E-state index in [0.717, 1.165) is 0 Å². The number of nitrogens with one attached hydrogen (secondary N) is 6. The Labute approximate surface area is 793 Å². The molecule has 4 fully saturated rings. The first-order chi connectivity index (χ1) is 64.6. The van der Waals surface area contributed by atoms with Crippen LogP contribution in [0.2, 0.25) is 0 Å². The third-order valence-corrected chi connectivity index (χ3v) is 24.4. The SMILES string of the molecule is CC(C(=O)CCC(=O)NCC(CCC(=O)CNC(=O)C(C)N1CCN(CC(=O)O)CCN(CC(=O)O)CCN(CC(=O)O)CC1)(CNC(=O)CNC(=O)C(C)N1CCN(CC(=O)O)CCN(CC(=O)O)CCN(CC(=O)O)CC1)CNC(=O)CNC(=O)C(C)N1CCN(CC(=O)O)CCN(CC(=O)O)CCN(CC(=O)O)CC1)N1CCN(CC(=O)O)CCN(CC(=O)O)CCN(CC(=O)O)CC1. The molecule has 54 heteroatoms. The Kier molecular flexibility index (Phi) is 54.4. The molecular formula is C83H142N22O32. The number of hydrogen-bond donors (Lipinski definition) is 18. The minimum atomic E-state index is -1.75. The summed E-state index contributed by atoms with van der Waals surface area (Å²) in [5.41, 5.74) is -1.75. The molecule has 4 aliphatic heterocycles. The van der Waals surface area contributed by atoms with E-state index >= 15 is 0 Å². The summed E-state index contributed by atoms with van der Waals surface area (Å²) in [7, 11) is 0. The van der Waals surface area contributed by atoms with Gasteiger partial charge in [-0.15, -0.1) is 0 Å². The van der Waals surface area contributed by atoms with Crippen LogP contribution in [0.3, 0.4) is 0 Å². The molecule has 4 unspecified atom stereocenters. The van der Waals surface area contributed by atoms with Crippen LogP contribution >= 0.6 is 0 Å². The Morgan fingerprint density at radius 3 is 0.569 bits per heavy atom. The number of aliphatic carboxylic acids is 12. The fraction of sp³-hybridized carbons (Fsp3) is 0.759. The van der Waals surface area contributed by atoms with Crippen LogP contribution in [0.5, 0.6) is 0 Å². The van der Waals surface area contributed by atoms with Gasteiger partial charge in [0, 0.05) is 254 Å². The highest BCUT2D eigenvalue weighted by Gasteiger charge is 2.37. The maximum Gasteiger partial charge on any atom is 0.317 e. The van der Waals surface area contributed by atoms with Crippen LogP contribution in [0.1, 0.15) is 53.4 Å². The fourth-order valence-electron chi connectivity index (χ4n) is 16.1. The van der Waals surface area contributed by atoms with Gasteiger partial charge in [-0.1, -0.05) is 0 Å². The molecule has 0 aromatic carbocycles. The monoisotopic (exact) mass is 1960 g/mol. The van der Waals surface area contributed by atoms with Gasteiger partial charge in [-0.2, -0.15) is 0 Å². The van der Waals surface area contributed by atoms with Crippen molar-refractivity contribution in [2.24, 2.45) is 5.41 Å². The van der Waals surface area contributed by atoms with Gasteiger partial charge in [0.1, 0.15) is 5.78 Å². The Balaban J connectivity index is 1.81. The molecule has 0 aliphatic carbocycles. The van der Waals surface area contributed by atoms with E-state index in [9.17, 15) is 157 Å². The van der Waals surface area contributed by atoms with Crippen molar-refractivity contribution >= 4 is 119 Å². The molecule has 6 amide bonds. The van der Waals surface area contributed by atoms with Crippen molar-refractivity contribution in [2.75, 3.05) is 327 Å². The molecule has 54 nitrogen and oxygen atoms in total. The zero-order chi connectivity index (χ0) is 102. The van der Waals surface area contributed by atoms with Gasteiger partial charge in [0.25, 0.3) is 0 Å². The minimum Gasteiger partial charge on any atom is -0.480 e. The average molecular weight is 1960 g/mol. The Morgan fingerprint density at radius 2 is 0.380 bits per heavy atom. The first kappa shape index (κ1) is 118. The number of Topliss-reactive ketones (excluding diaryl/α,β-unsaturated/α-hetero) is 2. The number of rotatable bonds is 50. The lowest BCUT2D eigenvalue weighted by atomic mass is 9.81. The zero-order valence-electron chi connectivity index (χ0n) is 78.7. The highest BCUT2D eigenvalue weighted by atomic mass is 16.4. The zero-order valence-corrected chi connectivity index (χ0v) is 78.7. The van der Waals surface area contributed by atoms with Crippen LogP contribution in [0.15, 0.2) is 0 Å². The van der Waals surface area contributed by atoms with Gasteiger partial charge < -0.3 is 93.2 Å². The van der Waals surface area contributed by atoms with E-state index in [2.05, 4.69) is 31.9 Å². The van der Waals surface area contributed by atoms with Crippen molar-refractivity contribution in [1.82, 2.24) is 110 Å². The summed E-state index contributed by atoms with van der Waals surface area (Å²) in [4.78, 5) is 285. The first-order valence-electron chi connectivity index (χ1n) is 45.6. The molecule has 0 aromatic heterocycles. The number of carboxylic acid groups (broad SMARTS) is 12. The second kappa shape index (κ2) is 62.9. The number of amides is 6. The maximum atomic E-state index is 14.6. The van der Waals surface area contributed by atoms with Gasteiger partial charge in [-0.25, -0.2) is 0 Å². The second-order valence-electron chi connectivity index (χ2n) is 34.9. The normalized spacial score (nSPS) is 19.6. The Morgan fingerprint density at radius 1 is 0.212 bits per heavy atom. The van der Waals surface area contributed by atoms with Gasteiger partial charge in [0.2, 0.25) is 35.4 Å². The second-order valence-corrected chi connectivity index (χ2v) is 34.9.